The monoisotopic (exact) mass is 354 g/mol. The second kappa shape index (κ2) is 7.48. The molecule has 0 fully saturated rings. The SMILES string of the molecule is COc1ccc(C(=O)[C@H](C)Sc2nnnn2-c2ccccc2C)cc1. The van der Waals surface area contributed by atoms with E-state index in [2.05, 4.69) is 15.5 Å². The van der Waals surface area contributed by atoms with E-state index in [0.717, 1.165) is 17.0 Å². The first-order chi connectivity index (χ1) is 12.1. The number of hydrogen-bond donors (Lipinski definition) is 0. The number of hydrogen-bond acceptors (Lipinski definition) is 6. The van der Waals surface area contributed by atoms with Gasteiger partial charge >= 0.3 is 0 Å². The minimum atomic E-state index is -0.317. The highest BCUT2D eigenvalue weighted by molar-refractivity contribution is 8.00. The Morgan fingerprint density at radius 3 is 2.56 bits per heavy atom. The van der Waals surface area contributed by atoms with Crippen LogP contribution in [0.5, 0.6) is 5.75 Å². The van der Waals surface area contributed by atoms with Gasteiger partial charge in [0.05, 0.1) is 18.0 Å². The Bertz CT molecular complexity index is 877. The van der Waals surface area contributed by atoms with Crippen LogP contribution in [0.25, 0.3) is 5.69 Å². The van der Waals surface area contributed by atoms with E-state index in [9.17, 15) is 4.79 Å². The van der Waals surface area contributed by atoms with Crippen LogP contribution in [0.3, 0.4) is 0 Å². The lowest BCUT2D eigenvalue weighted by atomic mass is 10.1. The molecule has 2 aromatic carbocycles. The number of nitrogens with zero attached hydrogens (tertiary/aromatic N) is 4. The molecule has 1 atom stereocenters. The Labute approximate surface area is 150 Å². The summed E-state index contributed by atoms with van der Waals surface area (Å²) in [6.07, 6.45) is 0. The fourth-order valence-corrected chi connectivity index (χ4v) is 3.28. The van der Waals surface area contributed by atoms with Gasteiger partial charge in [-0.05, 0) is 60.2 Å². The fraction of sp³-hybridized carbons (Fsp3) is 0.222. The topological polar surface area (TPSA) is 69.9 Å². The van der Waals surface area contributed by atoms with Crippen molar-refractivity contribution in [3.05, 3.63) is 59.7 Å². The summed E-state index contributed by atoms with van der Waals surface area (Å²) in [4.78, 5) is 12.6. The standard InChI is InChI=1S/C18H18N4O2S/c1-12-6-4-5-7-16(12)22-18(19-20-21-22)25-13(2)17(23)14-8-10-15(24-3)11-9-14/h4-11,13H,1-3H3/t13-/m0/s1. The Balaban J connectivity index is 1.79. The molecule has 0 bridgehead atoms. The number of rotatable bonds is 6. The third kappa shape index (κ3) is 3.71. The van der Waals surface area contributed by atoms with Crippen molar-refractivity contribution >= 4 is 17.5 Å². The molecule has 6 nitrogen and oxygen atoms in total. The van der Waals surface area contributed by atoms with Crippen molar-refractivity contribution in [2.24, 2.45) is 0 Å². The van der Waals surface area contributed by atoms with Crippen LogP contribution in [0, 0.1) is 6.92 Å². The number of aromatic nitrogens is 4. The first-order valence-corrected chi connectivity index (χ1v) is 8.67. The van der Waals surface area contributed by atoms with Crippen molar-refractivity contribution < 1.29 is 9.53 Å². The lowest BCUT2D eigenvalue weighted by molar-refractivity contribution is 0.0994. The van der Waals surface area contributed by atoms with Crippen molar-refractivity contribution in [3.8, 4) is 11.4 Å². The Morgan fingerprint density at radius 1 is 1.16 bits per heavy atom. The van der Waals surface area contributed by atoms with Crippen LogP contribution in [0.2, 0.25) is 0 Å². The number of aryl methyl sites for hydroxylation is 1. The van der Waals surface area contributed by atoms with Crippen LogP contribution >= 0.6 is 11.8 Å². The van der Waals surface area contributed by atoms with E-state index in [-0.39, 0.29) is 11.0 Å². The van der Waals surface area contributed by atoms with Crippen molar-refractivity contribution in [2.75, 3.05) is 7.11 Å². The highest BCUT2D eigenvalue weighted by Gasteiger charge is 2.21. The number of carbonyl (C=O) groups excluding carboxylic acids is 1. The van der Waals surface area contributed by atoms with Gasteiger partial charge < -0.3 is 4.74 Å². The Morgan fingerprint density at radius 2 is 1.88 bits per heavy atom. The number of ether oxygens (including phenoxy) is 1. The highest BCUT2D eigenvalue weighted by atomic mass is 32.2. The van der Waals surface area contributed by atoms with Gasteiger partial charge in [0, 0.05) is 5.56 Å². The molecule has 0 N–H and O–H groups in total. The molecule has 3 rings (SSSR count). The highest BCUT2D eigenvalue weighted by Crippen LogP contribution is 2.26. The van der Waals surface area contributed by atoms with E-state index in [1.54, 1.807) is 36.1 Å². The fourth-order valence-electron chi connectivity index (χ4n) is 2.41. The lowest BCUT2D eigenvalue weighted by Crippen LogP contribution is -2.14. The molecular weight excluding hydrogens is 336 g/mol. The molecule has 0 aliphatic heterocycles. The molecule has 0 aliphatic rings. The summed E-state index contributed by atoms with van der Waals surface area (Å²) in [7, 11) is 1.60. The number of benzene rings is 2. The van der Waals surface area contributed by atoms with E-state index in [1.165, 1.54) is 11.8 Å². The summed E-state index contributed by atoms with van der Waals surface area (Å²) >= 11 is 1.34. The summed E-state index contributed by atoms with van der Waals surface area (Å²) in [5.74, 6) is 0.743. The first-order valence-electron chi connectivity index (χ1n) is 7.79. The van der Waals surface area contributed by atoms with Crippen LogP contribution < -0.4 is 4.74 Å². The molecule has 0 spiro atoms. The smallest absolute Gasteiger partial charge is 0.214 e. The average Bonchev–Trinajstić information content (AvgIpc) is 3.09. The zero-order chi connectivity index (χ0) is 17.8. The van der Waals surface area contributed by atoms with Crippen molar-refractivity contribution in [3.63, 3.8) is 0 Å². The number of para-hydroxylation sites is 1. The average molecular weight is 354 g/mol. The van der Waals surface area contributed by atoms with E-state index in [1.807, 2.05) is 38.1 Å². The van der Waals surface area contributed by atoms with E-state index in [4.69, 9.17) is 4.74 Å². The van der Waals surface area contributed by atoms with Gasteiger partial charge in [0.2, 0.25) is 5.16 Å². The van der Waals surface area contributed by atoms with E-state index in [0.29, 0.717) is 10.7 Å². The lowest BCUT2D eigenvalue weighted by Gasteiger charge is -2.11. The third-order valence-electron chi connectivity index (χ3n) is 3.81. The van der Waals surface area contributed by atoms with Gasteiger partial charge in [-0.1, -0.05) is 30.0 Å². The number of thioether (sulfide) groups is 1. The summed E-state index contributed by atoms with van der Waals surface area (Å²) in [5.41, 5.74) is 2.60. The summed E-state index contributed by atoms with van der Waals surface area (Å²) in [6.45, 7) is 3.85. The Kier molecular flexibility index (Phi) is 5.14. The molecule has 1 aromatic heterocycles. The van der Waals surface area contributed by atoms with Crippen molar-refractivity contribution in [1.82, 2.24) is 20.2 Å². The van der Waals surface area contributed by atoms with Crippen LogP contribution in [-0.4, -0.2) is 38.4 Å². The number of methoxy groups -OCH3 is 1. The number of tetrazole rings is 1. The molecule has 1 heterocycles. The number of Topliss-reactive ketones (excluding diaryl/α,β-unsaturated/α-hetero) is 1. The normalized spacial score (nSPS) is 12.0. The zero-order valence-corrected chi connectivity index (χ0v) is 15.0. The van der Waals surface area contributed by atoms with Crippen LogP contribution in [0.4, 0.5) is 0 Å². The van der Waals surface area contributed by atoms with Gasteiger partial charge in [-0.25, -0.2) is 0 Å². The van der Waals surface area contributed by atoms with Crippen molar-refractivity contribution in [2.45, 2.75) is 24.3 Å². The maximum atomic E-state index is 12.6. The van der Waals surface area contributed by atoms with Gasteiger partial charge in [0.15, 0.2) is 5.78 Å². The third-order valence-corrected chi connectivity index (χ3v) is 4.84. The summed E-state index contributed by atoms with van der Waals surface area (Å²) in [6, 6.07) is 14.9. The first kappa shape index (κ1) is 17.2. The zero-order valence-electron chi connectivity index (χ0n) is 14.2. The molecule has 0 unspecified atom stereocenters. The van der Waals surface area contributed by atoms with E-state index < -0.39 is 0 Å². The molecule has 0 amide bonds. The molecule has 0 saturated carbocycles. The second-order valence-electron chi connectivity index (χ2n) is 5.51. The van der Waals surface area contributed by atoms with Crippen LogP contribution in [0.15, 0.2) is 53.7 Å². The van der Waals surface area contributed by atoms with Gasteiger partial charge in [0.25, 0.3) is 0 Å². The molecule has 0 radical (unpaired) electrons. The van der Waals surface area contributed by atoms with Gasteiger partial charge in [-0.3, -0.25) is 4.79 Å². The predicted octanol–water partition coefficient (Wildman–Crippen LogP) is 3.34. The number of carbonyl (C=O) groups is 1. The van der Waals surface area contributed by atoms with Crippen LogP contribution in [0.1, 0.15) is 22.8 Å². The molecular formula is C18H18N4O2S. The quantitative estimate of drug-likeness (QED) is 0.499. The predicted molar refractivity (Wildman–Crippen MR) is 96.5 cm³/mol. The number of ketones is 1. The van der Waals surface area contributed by atoms with Gasteiger partial charge in [-0.15, -0.1) is 5.10 Å². The molecule has 7 heteroatoms. The van der Waals surface area contributed by atoms with Gasteiger partial charge in [0.1, 0.15) is 5.75 Å². The maximum absolute atomic E-state index is 12.6. The molecule has 128 valence electrons. The maximum Gasteiger partial charge on any atom is 0.214 e. The van der Waals surface area contributed by atoms with Crippen molar-refractivity contribution in [1.29, 1.82) is 0 Å². The summed E-state index contributed by atoms with van der Waals surface area (Å²) in [5, 5.41) is 12.2. The molecule has 0 aliphatic carbocycles. The minimum absolute atomic E-state index is 0.0204. The largest absolute Gasteiger partial charge is 0.497 e. The second-order valence-corrected chi connectivity index (χ2v) is 6.82. The van der Waals surface area contributed by atoms with Crippen LogP contribution in [-0.2, 0) is 0 Å². The molecule has 25 heavy (non-hydrogen) atoms. The van der Waals surface area contributed by atoms with Gasteiger partial charge in [-0.2, -0.15) is 4.68 Å². The van der Waals surface area contributed by atoms with E-state index >= 15 is 0 Å². The minimum Gasteiger partial charge on any atom is -0.497 e. The summed E-state index contributed by atoms with van der Waals surface area (Å²) < 4.78 is 6.79. The Hall–Kier alpha value is -2.67. The molecule has 3 aromatic rings. The molecule has 0 saturated heterocycles.